The van der Waals surface area contributed by atoms with E-state index in [2.05, 4.69) is 18.8 Å². The Kier molecular flexibility index (Phi) is 6.03. The molecule has 0 saturated heterocycles. The standard InChI is InChI=1S/C8H15NOS/c1-4-8(10)9-7(3)6-11-5-2/h4,7H,1,5-6H2,2-3H3,(H,9,10). The fourth-order valence-electron chi connectivity index (χ4n) is 0.638. The zero-order valence-electron chi connectivity index (χ0n) is 7.09. The van der Waals surface area contributed by atoms with E-state index in [0.29, 0.717) is 0 Å². The van der Waals surface area contributed by atoms with E-state index in [4.69, 9.17) is 0 Å². The van der Waals surface area contributed by atoms with Gasteiger partial charge >= 0.3 is 0 Å². The number of rotatable bonds is 5. The van der Waals surface area contributed by atoms with Gasteiger partial charge in [0, 0.05) is 11.8 Å². The normalized spacial score (nSPS) is 12.2. The molecule has 1 amide bonds. The van der Waals surface area contributed by atoms with Crippen LogP contribution in [0.1, 0.15) is 13.8 Å². The monoisotopic (exact) mass is 173 g/mol. The molecular weight excluding hydrogens is 158 g/mol. The zero-order chi connectivity index (χ0) is 8.69. The van der Waals surface area contributed by atoms with E-state index in [0.717, 1.165) is 11.5 Å². The summed E-state index contributed by atoms with van der Waals surface area (Å²) in [5, 5.41) is 2.79. The molecule has 0 aliphatic heterocycles. The molecule has 0 radical (unpaired) electrons. The van der Waals surface area contributed by atoms with Crippen LogP contribution in [0.15, 0.2) is 12.7 Å². The predicted octanol–water partition coefficient (Wildman–Crippen LogP) is 1.43. The Morgan fingerprint density at radius 1 is 1.82 bits per heavy atom. The Bertz CT molecular complexity index is 136. The minimum absolute atomic E-state index is 0.0887. The van der Waals surface area contributed by atoms with Gasteiger partial charge in [0.1, 0.15) is 0 Å². The van der Waals surface area contributed by atoms with Crippen LogP contribution in [-0.2, 0) is 4.79 Å². The molecular formula is C8H15NOS. The van der Waals surface area contributed by atoms with E-state index in [9.17, 15) is 4.79 Å². The van der Waals surface area contributed by atoms with Crippen molar-refractivity contribution in [3.63, 3.8) is 0 Å². The molecule has 0 rings (SSSR count). The maximum absolute atomic E-state index is 10.7. The van der Waals surface area contributed by atoms with Crippen molar-refractivity contribution in [2.75, 3.05) is 11.5 Å². The summed E-state index contributed by atoms with van der Waals surface area (Å²) in [6.07, 6.45) is 1.30. The molecule has 0 heterocycles. The van der Waals surface area contributed by atoms with Gasteiger partial charge in [0.2, 0.25) is 5.91 Å². The van der Waals surface area contributed by atoms with Crippen molar-refractivity contribution in [1.29, 1.82) is 0 Å². The van der Waals surface area contributed by atoms with Crippen molar-refractivity contribution in [3.05, 3.63) is 12.7 Å². The third-order valence-corrected chi connectivity index (χ3v) is 2.29. The second-order valence-electron chi connectivity index (χ2n) is 2.27. The van der Waals surface area contributed by atoms with Crippen LogP contribution in [0.4, 0.5) is 0 Å². The average Bonchev–Trinajstić information content (AvgIpc) is 2.00. The van der Waals surface area contributed by atoms with Crippen molar-refractivity contribution in [1.82, 2.24) is 5.32 Å². The van der Waals surface area contributed by atoms with E-state index in [1.807, 2.05) is 18.7 Å². The summed E-state index contributed by atoms with van der Waals surface area (Å²) in [6.45, 7) is 7.47. The molecule has 0 aliphatic rings. The molecule has 64 valence electrons. The van der Waals surface area contributed by atoms with Gasteiger partial charge < -0.3 is 5.32 Å². The molecule has 0 fully saturated rings. The minimum atomic E-state index is -0.0887. The Morgan fingerprint density at radius 2 is 2.45 bits per heavy atom. The summed E-state index contributed by atoms with van der Waals surface area (Å²) in [5.74, 6) is 1.97. The van der Waals surface area contributed by atoms with Crippen LogP contribution in [0, 0.1) is 0 Å². The van der Waals surface area contributed by atoms with Crippen LogP contribution < -0.4 is 5.32 Å². The van der Waals surface area contributed by atoms with Gasteiger partial charge in [0.05, 0.1) is 0 Å². The van der Waals surface area contributed by atoms with Gasteiger partial charge in [-0.05, 0) is 18.8 Å². The first-order valence-corrected chi connectivity index (χ1v) is 4.86. The van der Waals surface area contributed by atoms with Gasteiger partial charge in [-0.3, -0.25) is 4.79 Å². The number of hydrogen-bond donors (Lipinski definition) is 1. The van der Waals surface area contributed by atoms with E-state index >= 15 is 0 Å². The molecule has 11 heavy (non-hydrogen) atoms. The SMILES string of the molecule is C=CC(=O)NC(C)CSCC. The second kappa shape index (κ2) is 6.28. The lowest BCUT2D eigenvalue weighted by Gasteiger charge is -2.10. The summed E-state index contributed by atoms with van der Waals surface area (Å²) >= 11 is 1.82. The molecule has 2 nitrogen and oxygen atoms in total. The Hall–Kier alpha value is -0.440. The molecule has 0 aromatic carbocycles. The van der Waals surface area contributed by atoms with E-state index in [-0.39, 0.29) is 11.9 Å². The number of carbonyl (C=O) groups excluding carboxylic acids is 1. The van der Waals surface area contributed by atoms with Gasteiger partial charge in [-0.1, -0.05) is 13.5 Å². The first-order valence-electron chi connectivity index (χ1n) is 3.71. The molecule has 0 aromatic rings. The highest BCUT2D eigenvalue weighted by molar-refractivity contribution is 7.99. The van der Waals surface area contributed by atoms with Crippen molar-refractivity contribution in [3.8, 4) is 0 Å². The van der Waals surface area contributed by atoms with Crippen molar-refractivity contribution < 1.29 is 4.79 Å². The van der Waals surface area contributed by atoms with Crippen LogP contribution >= 0.6 is 11.8 Å². The largest absolute Gasteiger partial charge is 0.349 e. The lowest BCUT2D eigenvalue weighted by molar-refractivity contribution is -0.116. The molecule has 0 saturated carbocycles. The topological polar surface area (TPSA) is 29.1 Å². The first kappa shape index (κ1) is 10.6. The smallest absolute Gasteiger partial charge is 0.243 e. The highest BCUT2D eigenvalue weighted by Crippen LogP contribution is 2.00. The van der Waals surface area contributed by atoms with Crippen molar-refractivity contribution >= 4 is 17.7 Å². The number of carbonyl (C=O) groups is 1. The number of amides is 1. The molecule has 1 atom stereocenters. The maximum atomic E-state index is 10.7. The average molecular weight is 173 g/mol. The lowest BCUT2D eigenvalue weighted by Crippen LogP contribution is -2.32. The van der Waals surface area contributed by atoms with Crippen LogP contribution in [0.25, 0.3) is 0 Å². The van der Waals surface area contributed by atoms with Crippen LogP contribution in [0.3, 0.4) is 0 Å². The van der Waals surface area contributed by atoms with Crippen molar-refractivity contribution in [2.24, 2.45) is 0 Å². The fourth-order valence-corrected chi connectivity index (χ4v) is 1.31. The summed E-state index contributed by atoms with van der Waals surface area (Å²) in [6, 6.07) is 0.241. The predicted molar refractivity (Wildman–Crippen MR) is 50.8 cm³/mol. The van der Waals surface area contributed by atoms with Crippen LogP contribution in [-0.4, -0.2) is 23.5 Å². The maximum Gasteiger partial charge on any atom is 0.243 e. The minimum Gasteiger partial charge on any atom is -0.349 e. The molecule has 0 aliphatic carbocycles. The summed E-state index contributed by atoms with van der Waals surface area (Å²) < 4.78 is 0. The van der Waals surface area contributed by atoms with Gasteiger partial charge in [-0.25, -0.2) is 0 Å². The number of hydrogen-bond acceptors (Lipinski definition) is 2. The Morgan fingerprint density at radius 3 is 2.91 bits per heavy atom. The third-order valence-electron chi connectivity index (χ3n) is 1.15. The lowest BCUT2D eigenvalue weighted by atomic mass is 10.4. The van der Waals surface area contributed by atoms with Crippen LogP contribution in [0.5, 0.6) is 0 Å². The van der Waals surface area contributed by atoms with Gasteiger partial charge in [-0.15, -0.1) is 0 Å². The number of thioether (sulfide) groups is 1. The highest BCUT2D eigenvalue weighted by Gasteiger charge is 2.02. The van der Waals surface area contributed by atoms with E-state index in [1.54, 1.807) is 0 Å². The quantitative estimate of drug-likeness (QED) is 0.637. The Balaban J connectivity index is 3.43. The molecule has 0 aromatic heterocycles. The molecule has 0 spiro atoms. The van der Waals surface area contributed by atoms with Gasteiger partial charge in [-0.2, -0.15) is 11.8 Å². The van der Waals surface area contributed by atoms with E-state index < -0.39 is 0 Å². The van der Waals surface area contributed by atoms with Gasteiger partial charge in [0.15, 0.2) is 0 Å². The number of nitrogens with one attached hydrogen (secondary N) is 1. The van der Waals surface area contributed by atoms with E-state index in [1.165, 1.54) is 6.08 Å². The second-order valence-corrected chi connectivity index (χ2v) is 3.59. The van der Waals surface area contributed by atoms with Gasteiger partial charge in [0.25, 0.3) is 0 Å². The molecule has 3 heteroatoms. The molecule has 1 unspecified atom stereocenters. The van der Waals surface area contributed by atoms with Crippen LogP contribution in [0.2, 0.25) is 0 Å². The zero-order valence-corrected chi connectivity index (χ0v) is 7.91. The Labute approximate surface area is 72.4 Å². The molecule has 1 N–H and O–H groups in total. The van der Waals surface area contributed by atoms with Crippen molar-refractivity contribution in [2.45, 2.75) is 19.9 Å². The summed E-state index contributed by atoms with van der Waals surface area (Å²) in [7, 11) is 0. The third kappa shape index (κ3) is 5.98. The molecule has 0 bridgehead atoms. The fraction of sp³-hybridized carbons (Fsp3) is 0.625. The summed E-state index contributed by atoms with van der Waals surface area (Å²) in [5.41, 5.74) is 0. The summed E-state index contributed by atoms with van der Waals surface area (Å²) in [4.78, 5) is 10.7. The highest BCUT2D eigenvalue weighted by atomic mass is 32.2. The first-order chi connectivity index (χ1) is 5.20.